The third-order valence-electron chi connectivity index (χ3n) is 2.71. The molecule has 0 saturated heterocycles. The topological polar surface area (TPSA) is 107 Å². The van der Waals surface area contributed by atoms with Crippen LogP contribution >= 0.6 is 23.2 Å². The fraction of sp³-hybridized carbons (Fsp3) is 0.154. The monoisotopic (exact) mass is 325 g/mol. The standard InChI is InChI=1S/C13H13Cl2N5O/c1-6(21)19-11-9(14)3-7(4-10(11)15)2-8-5-18-13(17)20-12(8)16/h3-5H,2H2,1H3,(H,19,21)(H4,16,17,18,20). The molecule has 0 bridgehead atoms. The molecule has 0 aliphatic rings. The fourth-order valence-electron chi connectivity index (χ4n) is 1.81. The Morgan fingerprint density at radius 2 is 1.90 bits per heavy atom. The third kappa shape index (κ3) is 3.74. The summed E-state index contributed by atoms with van der Waals surface area (Å²) in [4.78, 5) is 18.9. The van der Waals surface area contributed by atoms with Crippen LogP contribution in [-0.2, 0) is 11.2 Å². The summed E-state index contributed by atoms with van der Waals surface area (Å²) in [6.07, 6.45) is 2.01. The summed E-state index contributed by atoms with van der Waals surface area (Å²) in [5.74, 6) is 0.178. The summed E-state index contributed by atoms with van der Waals surface area (Å²) >= 11 is 12.3. The lowest BCUT2D eigenvalue weighted by Gasteiger charge is -2.11. The predicted molar refractivity (Wildman–Crippen MR) is 84.4 cm³/mol. The van der Waals surface area contributed by atoms with Crippen molar-refractivity contribution in [2.75, 3.05) is 16.8 Å². The van der Waals surface area contributed by atoms with Gasteiger partial charge in [0.05, 0.1) is 15.7 Å². The Morgan fingerprint density at radius 3 is 2.43 bits per heavy atom. The lowest BCUT2D eigenvalue weighted by molar-refractivity contribution is -0.114. The zero-order chi connectivity index (χ0) is 15.6. The highest BCUT2D eigenvalue weighted by Gasteiger charge is 2.11. The number of amides is 1. The summed E-state index contributed by atoms with van der Waals surface area (Å²) in [5.41, 5.74) is 13.2. The molecule has 0 atom stereocenters. The first-order valence-corrected chi connectivity index (χ1v) is 6.74. The Hall–Kier alpha value is -2.05. The van der Waals surface area contributed by atoms with E-state index in [1.807, 2.05) is 0 Å². The van der Waals surface area contributed by atoms with E-state index in [0.29, 0.717) is 33.5 Å². The first kappa shape index (κ1) is 15.3. The molecule has 2 rings (SSSR count). The van der Waals surface area contributed by atoms with Crippen LogP contribution in [0.25, 0.3) is 0 Å². The molecule has 0 saturated carbocycles. The summed E-state index contributed by atoms with van der Waals surface area (Å²) in [6, 6.07) is 3.41. The maximum Gasteiger partial charge on any atom is 0.221 e. The number of carbonyl (C=O) groups excluding carboxylic acids is 1. The Bertz CT molecular complexity index is 682. The van der Waals surface area contributed by atoms with Gasteiger partial charge in [-0.25, -0.2) is 4.98 Å². The second kappa shape index (κ2) is 6.15. The van der Waals surface area contributed by atoms with Gasteiger partial charge in [0.25, 0.3) is 0 Å². The zero-order valence-electron chi connectivity index (χ0n) is 11.2. The molecule has 6 nitrogen and oxygen atoms in total. The first-order valence-electron chi connectivity index (χ1n) is 5.99. The van der Waals surface area contributed by atoms with Gasteiger partial charge in [-0.05, 0) is 17.7 Å². The van der Waals surface area contributed by atoms with Gasteiger partial charge in [-0.2, -0.15) is 4.98 Å². The number of nitrogen functional groups attached to an aromatic ring is 2. The van der Waals surface area contributed by atoms with E-state index >= 15 is 0 Å². The molecule has 0 unspecified atom stereocenters. The van der Waals surface area contributed by atoms with Crippen LogP contribution in [0.5, 0.6) is 0 Å². The number of carbonyl (C=O) groups is 1. The van der Waals surface area contributed by atoms with Crippen LogP contribution in [0.3, 0.4) is 0 Å². The number of halogens is 2. The van der Waals surface area contributed by atoms with Gasteiger partial charge in [0.1, 0.15) is 5.82 Å². The molecule has 0 aliphatic heterocycles. The molecular formula is C13H13Cl2N5O. The normalized spacial score (nSPS) is 10.4. The van der Waals surface area contributed by atoms with Crippen molar-refractivity contribution in [2.24, 2.45) is 0 Å². The molecule has 0 aliphatic carbocycles. The SMILES string of the molecule is CC(=O)Nc1c(Cl)cc(Cc2cnc(N)nc2N)cc1Cl. The van der Waals surface area contributed by atoms with E-state index in [0.717, 1.165) is 5.56 Å². The quantitative estimate of drug-likeness (QED) is 0.803. The van der Waals surface area contributed by atoms with Crippen LogP contribution in [0, 0.1) is 0 Å². The number of nitrogens with two attached hydrogens (primary N) is 2. The number of hydrogen-bond donors (Lipinski definition) is 3. The Morgan fingerprint density at radius 1 is 1.29 bits per heavy atom. The average Bonchev–Trinajstić information content (AvgIpc) is 2.37. The Balaban J connectivity index is 2.31. The molecule has 0 spiro atoms. The van der Waals surface area contributed by atoms with Crippen LogP contribution in [0.2, 0.25) is 10.0 Å². The number of benzene rings is 1. The maximum atomic E-state index is 11.1. The minimum absolute atomic E-state index is 0.119. The molecule has 1 aromatic carbocycles. The van der Waals surface area contributed by atoms with E-state index < -0.39 is 0 Å². The van der Waals surface area contributed by atoms with Gasteiger partial charge >= 0.3 is 0 Å². The highest BCUT2D eigenvalue weighted by atomic mass is 35.5. The molecule has 2 aromatic rings. The molecule has 1 aromatic heterocycles. The number of hydrogen-bond acceptors (Lipinski definition) is 5. The molecule has 0 radical (unpaired) electrons. The van der Waals surface area contributed by atoms with Crippen LogP contribution in [0.1, 0.15) is 18.1 Å². The second-order valence-electron chi connectivity index (χ2n) is 4.43. The van der Waals surface area contributed by atoms with Crippen molar-refractivity contribution in [1.29, 1.82) is 0 Å². The maximum absolute atomic E-state index is 11.1. The highest BCUT2D eigenvalue weighted by molar-refractivity contribution is 6.39. The number of nitrogens with one attached hydrogen (secondary N) is 1. The van der Waals surface area contributed by atoms with E-state index in [9.17, 15) is 4.79 Å². The van der Waals surface area contributed by atoms with Gasteiger partial charge in [0.15, 0.2) is 0 Å². The van der Waals surface area contributed by atoms with Gasteiger partial charge in [-0.15, -0.1) is 0 Å². The van der Waals surface area contributed by atoms with Crippen LogP contribution < -0.4 is 16.8 Å². The van der Waals surface area contributed by atoms with Crippen molar-refractivity contribution >= 4 is 46.6 Å². The number of anilines is 3. The molecule has 0 fully saturated rings. The largest absolute Gasteiger partial charge is 0.383 e. The molecule has 21 heavy (non-hydrogen) atoms. The van der Waals surface area contributed by atoms with E-state index in [1.54, 1.807) is 18.3 Å². The molecule has 8 heteroatoms. The van der Waals surface area contributed by atoms with E-state index in [1.165, 1.54) is 6.92 Å². The van der Waals surface area contributed by atoms with Gasteiger partial charge in [-0.3, -0.25) is 4.79 Å². The van der Waals surface area contributed by atoms with Gasteiger partial charge in [0.2, 0.25) is 11.9 Å². The summed E-state index contributed by atoms with van der Waals surface area (Å²) in [5, 5.41) is 3.28. The Kier molecular flexibility index (Phi) is 4.50. The van der Waals surface area contributed by atoms with E-state index in [4.69, 9.17) is 34.7 Å². The lowest BCUT2D eigenvalue weighted by Crippen LogP contribution is -2.07. The number of rotatable bonds is 3. The van der Waals surface area contributed by atoms with Crippen LogP contribution in [-0.4, -0.2) is 15.9 Å². The van der Waals surface area contributed by atoms with Crippen molar-refractivity contribution in [2.45, 2.75) is 13.3 Å². The smallest absolute Gasteiger partial charge is 0.221 e. The van der Waals surface area contributed by atoms with E-state index in [2.05, 4.69) is 15.3 Å². The fourth-order valence-corrected chi connectivity index (χ4v) is 2.44. The minimum atomic E-state index is -0.247. The van der Waals surface area contributed by atoms with Gasteiger partial charge in [0, 0.05) is 25.1 Å². The van der Waals surface area contributed by atoms with Crippen LogP contribution in [0.4, 0.5) is 17.5 Å². The Labute approximate surface area is 131 Å². The van der Waals surface area contributed by atoms with Gasteiger partial charge in [-0.1, -0.05) is 23.2 Å². The minimum Gasteiger partial charge on any atom is -0.383 e. The molecule has 1 heterocycles. The third-order valence-corrected chi connectivity index (χ3v) is 3.31. The van der Waals surface area contributed by atoms with Crippen molar-refractivity contribution in [1.82, 2.24) is 9.97 Å². The lowest BCUT2D eigenvalue weighted by atomic mass is 10.1. The molecular weight excluding hydrogens is 313 g/mol. The highest BCUT2D eigenvalue weighted by Crippen LogP contribution is 2.32. The zero-order valence-corrected chi connectivity index (χ0v) is 12.7. The second-order valence-corrected chi connectivity index (χ2v) is 5.25. The number of nitrogens with zero attached hydrogens (tertiary/aromatic N) is 2. The van der Waals surface area contributed by atoms with Gasteiger partial charge < -0.3 is 16.8 Å². The van der Waals surface area contributed by atoms with Crippen LogP contribution in [0.15, 0.2) is 18.3 Å². The first-order chi connectivity index (χ1) is 9.86. The molecule has 5 N–H and O–H groups in total. The summed E-state index contributed by atoms with van der Waals surface area (Å²) in [7, 11) is 0. The summed E-state index contributed by atoms with van der Waals surface area (Å²) in [6.45, 7) is 1.38. The number of aromatic nitrogens is 2. The predicted octanol–water partition coefficient (Wildman–Crippen LogP) is 2.50. The van der Waals surface area contributed by atoms with Crippen molar-refractivity contribution < 1.29 is 4.79 Å². The van der Waals surface area contributed by atoms with E-state index in [-0.39, 0.29) is 11.9 Å². The summed E-state index contributed by atoms with van der Waals surface area (Å²) < 4.78 is 0. The van der Waals surface area contributed by atoms with Crippen molar-refractivity contribution in [3.05, 3.63) is 39.5 Å². The van der Waals surface area contributed by atoms with Crippen molar-refractivity contribution in [3.8, 4) is 0 Å². The average molecular weight is 326 g/mol. The van der Waals surface area contributed by atoms with Crippen molar-refractivity contribution in [3.63, 3.8) is 0 Å². The molecule has 1 amide bonds. The molecule has 110 valence electrons.